The number of alkyl halides is 2. The smallest absolute Gasteiger partial charge is 0.387 e. The molecular weight excluding hydrogens is 293 g/mol. The second-order valence-corrected chi connectivity index (χ2v) is 3.79. The summed E-state index contributed by atoms with van der Waals surface area (Å²) in [6.07, 6.45) is 0. The van der Waals surface area contributed by atoms with Crippen LogP contribution >= 0.6 is 23.2 Å². The van der Waals surface area contributed by atoms with Crippen LogP contribution in [0.4, 0.5) is 8.78 Å². The van der Waals surface area contributed by atoms with Crippen LogP contribution in [-0.4, -0.2) is 25.9 Å². The molecule has 0 radical (unpaired) electrons. The van der Waals surface area contributed by atoms with E-state index < -0.39 is 19.0 Å². The minimum absolute atomic E-state index is 0.0314. The number of aliphatic hydroxyl groups is 1. The van der Waals surface area contributed by atoms with E-state index in [1.54, 1.807) is 0 Å². The van der Waals surface area contributed by atoms with E-state index >= 15 is 0 Å². The second kappa shape index (κ2) is 6.26. The Labute approximate surface area is 112 Å². The van der Waals surface area contributed by atoms with Gasteiger partial charge in [-0.3, -0.25) is 0 Å². The highest BCUT2D eigenvalue weighted by Crippen LogP contribution is 2.49. The quantitative estimate of drug-likeness (QED) is 0.908. The third-order valence-corrected chi connectivity index (χ3v) is 2.81. The van der Waals surface area contributed by atoms with Crippen molar-refractivity contribution < 1.29 is 28.1 Å². The van der Waals surface area contributed by atoms with Crippen LogP contribution in [0.5, 0.6) is 17.2 Å². The molecule has 0 aliphatic carbocycles. The van der Waals surface area contributed by atoms with Gasteiger partial charge in [0.1, 0.15) is 10.0 Å². The summed E-state index contributed by atoms with van der Waals surface area (Å²) < 4.78 is 38.7. The fraction of sp³-hybridized carbons (Fsp3) is 0.400. The predicted octanol–water partition coefficient (Wildman–Crippen LogP) is 3.10. The standard InChI is InChI=1S/C10H10Cl2F2O4/c1-16-7-4(3-15)8(18-10(13)14)6(12)9(17-2)5(7)11/h10,15H,3H2,1-2H3. The second-order valence-electron chi connectivity index (χ2n) is 3.04. The number of ether oxygens (including phenoxy) is 3. The largest absolute Gasteiger partial charge is 0.495 e. The lowest BCUT2D eigenvalue weighted by Gasteiger charge is -2.18. The Bertz CT molecular complexity index is 441. The molecule has 1 N–H and O–H groups in total. The van der Waals surface area contributed by atoms with E-state index in [0.717, 1.165) is 0 Å². The van der Waals surface area contributed by atoms with E-state index in [9.17, 15) is 13.9 Å². The topological polar surface area (TPSA) is 47.9 Å². The van der Waals surface area contributed by atoms with Gasteiger partial charge in [-0.1, -0.05) is 23.2 Å². The summed E-state index contributed by atoms with van der Waals surface area (Å²) in [5.74, 6) is -0.522. The molecule has 102 valence electrons. The summed E-state index contributed by atoms with van der Waals surface area (Å²) >= 11 is 11.8. The number of halogens is 4. The number of methoxy groups -OCH3 is 2. The Hall–Kier alpha value is -0.980. The van der Waals surface area contributed by atoms with Crippen molar-refractivity contribution in [1.29, 1.82) is 0 Å². The van der Waals surface area contributed by atoms with E-state index in [1.807, 2.05) is 0 Å². The number of hydrogen-bond acceptors (Lipinski definition) is 4. The number of benzene rings is 1. The molecule has 0 aliphatic rings. The van der Waals surface area contributed by atoms with E-state index in [-0.39, 0.29) is 27.1 Å². The maximum Gasteiger partial charge on any atom is 0.387 e. The first kappa shape index (κ1) is 15.1. The minimum atomic E-state index is -3.11. The highest BCUT2D eigenvalue weighted by molar-refractivity contribution is 6.39. The number of aliphatic hydroxyl groups excluding tert-OH is 1. The average molecular weight is 303 g/mol. The van der Waals surface area contributed by atoms with Crippen LogP contribution in [0.2, 0.25) is 10.0 Å². The summed E-state index contributed by atoms with van der Waals surface area (Å²) in [7, 11) is 2.52. The van der Waals surface area contributed by atoms with E-state index in [4.69, 9.17) is 32.7 Å². The fourth-order valence-corrected chi connectivity index (χ4v) is 2.16. The molecule has 1 rings (SSSR count). The Balaban J connectivity index is 3.55. The van der Waals surface area contributed by atoms with Crippen LogP contribution in [0.25, 0.3) is 0 Å². The first-order chi connectivity index (χ1) is 8.47. The molecule has 0 heterocycles. The molecule has 0 saturated heterocycles. The Morgan fingerprint density at radius 2 is 1.56 bits per heavy atom. The van der Waals surface area contributed by atoms with Gasteiger partial charge in [0.2, 0.25) is 0 Å². The average Bonchev–Trinajstić information content (AvgIpc) is 2.32. The van der Waals surface area contributed by atoms with Gasteiger partial charge in [0, 0.05) is 0 Å². The van der Waals surface area contributed by atoms with Crippen molar-refractivity contribution in [3.05, 3.63) is 15.6 Å². The lowest BCUT2D eigenvalue weighted by atomic mass is 10.1. The lowest BCUT2D eigenvalue weighted by molar-refractivity contribution is -0.0510. The molecule has 0 aliphatic heterocycles. The van der Waals surface area contributed by atoms with Gasteiger partial charge < -0.3 is 19.3 Å². The van der Waals surface area contributed by atoms with Gasteiger partial charge in [0.15, 0.2) is 17.2 Å². The zero-order chi connectivity index (χ0) is 13.9. The highest BCUT2D eigenvalue weighted by Gasteiger charge is 2.26. The van der Waals surface area contributed by atoms with Crippen LogP contribution in [0.1, 0.15) is 5.56 Å². The van der Waals surface area contributed by atoms with Crippen molar-refractivity contribution in [3.8, 4) is 17.2 Å². The molecule has 0 spiro atoms. The van der Waals surface area contributed by atoms with E-state index in [1.165, 1.54) is 14.2 Å². The number of hydrogen-bond donors (Lipinski definition) is 1. The molecule has 0 amide bonds. The van der Waals surface area contributed by atoms with Crippen LogP contribution in [0, 0.1) is 0 Å². The van der Waals surface area contributed by atoms with Gasteiger partial charge in [-0.15, -0.1) is 0 Å². The summed E-state index contributed by atoms with van der Waals surface area (Å²) in [5.41, 5.74) is -0.0754. The maximum absolute atomic E-state index is 12.3. The van der Waals surface area contributed by atoms with Gasteiger partial charge in [0.25, 0.3) is 0 Å². The molecule has 0 aromatic heterocycles. The van der Waals surface area contributed by atoms with Gasteiger partial charge in [-0.25, -0.2) is 0 Å². The summed E-state index contributed by atoms with van der Waals surface area (Å²) in [6.45, 7) is -3.74. The summed E-state index contributed by atoms with van der Waals surface area (Å²) in [5, 5.41) is 8.90. The van der Waals surface area contributed by atoms with Gasteiger partial charge >= 0.3 is 6.61 Å². The normalized spacial score (nSPS) is 10.7. The molecule has 8 heteroatoms. The van der Waals surface area contributed by atoms with E-state index in [0.29, 0.717) is 0 Å². The molecule has 0 bridgehead atoms. The molecule has 0 saturated carbocycles. The van der Waals surface area contributed by atoms with Gasteiger partial charge in [0.05, 0.1) is 26.4 Å². The molecular formula is C10H10Cl2F2O4. The maximum atomic E-state index is 12.3. The predicted molar refractivity (Wildman–Crippen MR) is 62.1 cm³/mol. The molecule has 0 atom stereocenters. The zero-order valence-corrected chi connectivity index (χ0v) is 11.0. The fourth-order valence-electron chi connectivity index (χ4n) is 1.42. The Morgan fingerprint density at radius 1 is 1.06 bits per heavy atom. The van der Waals surface area contributed by atoms with Crippen molar-refractivity contribution in [1.82, 2.24) is 0 Å². The van der Waals surface area contributed by atoms with Crippen molar-refractivity contribution in [3.63, 3.8) is 0 Å². The minimum Gasteiger partial charge on any atom is -0.495 e. The lowest BCUT2D eigenvalue weighted by Crippen LogP contribution is -2.08. The molecule has 0 fully saturated rings. The third-order valence-electron chi connectivity index (χ3n) is 2.12. The van der Waals surface area contributed by atoms with Crippen molar-refractivity contribution in [2.75, 3.05) is 14.2 Å². The molecule has 1 aromatic carbocycles. The summed E-state index contributed by atoms with van der Waals surface area (Å²) in [6, 6.07) is 0. The van der Waals surface area contributed by atoms with Crippen LogP contribution < -0.4 is 14.2 Å². The highest BCUT2D eigenvalue weighted by atomic mass is 35.5. The molecule has 18 heavy (non-hydrogen) atoms. The van der Waals surface area contributed by atoms with E-state index in [2.05, 4.69) is 4.74 Å². The Morgan fingerprint density at radius 3 is 1.94 bits per heavy atom. The number of rotatable bonds is 5. The van der Waals surface area contributed by atoms with Crippen molar-refractivity contribution in [2.24, 2.45) is 0 Å². The molecule has 4 nitrogen and oxygen atoms in total. The first-order valence-electron chi connectivity index (χ1n) is 4.65. The summed E-state index contributed by atoms with van der Waals surface area (Å²) in [4.78, 5) is 0. The SMILES string of the molecule is COc1c(Cl)c(OC)c(CO)c(OC(F)F)c1Cl. The molecule has 0 unspecified atom stereocenters. The zero-order valence-electron chi connectivity index (χ0n) is 9.47. The van der Waals surface area contributed by atoms with Crippen LogP contribution in [0.15, 0.2) is 0 Å². The monoisotopic (exact) mass is 302 g/mol. The van der Waals surface area contributed by atoms with Crippen LogP contribution in [0.3, 0.4) is 0 Å². The third kappa shape index (κ3) is 2.71. The van der Waals surface area contributed by atoms with Crippen molar-refractivity contribution in [2.45, 2.75) is 13.2 Å². The van der Waals surface area contributed by atoms with Crippen LogP contribution in [-0.2, 0) is 6.61 Å². The van der Waals surface area contributed by atoms with Gasteiger partial charge in [-0.05, 0) is 0 Å². The molecule has 1 aromatic rings. The van der Waals surface area contributed by atoms with Crippen molar-refractivity contribution >= 4 is 23.2 Å². The Kier molecular flexibility index (Phi) is 5.25. The van der Waals surface area contributed by atoms with Gasteiger partial charge in [-0.2, -0.15) is 8.78 Å². The first-order valence-corrected chi connectivity index (χ1v) is 5.40.